The first-order valence-corrected chi connectivity index (χ1v) is 7.58. The Balaban J connectivity index is 1.86. The van der Waals surface area contributed by atoms with Crippen molar-refractivity contribution in [3.05, 3.63) is 0 Å². The molecule has 1 saturated carbocycles. The van der Waals surface area contributed by atoms with E-state index in [-0.39, 0.29) is 6.10 Å². The van der Waals surface area contributed by atoms with Gasteiger partial charge in [-0.3, -0.25) is 4.90 Å². The highest BCUT2D eigenvalue weighted by Gasteiger charge is 2.32. The van der Waals surface area contributed by atoms with E-state index in [1.54, 1.807) is 0 Å². The van der Waals surface area contributed by atoms with Gasteiger partial charge in [0.25, 0.3) is 0 Å². The topological polar surface area (TPSA) is 32.7 Å². The molecule has 0 aromatic rings. The first-order valence-electron chi connectivity index (χ1n) is 7.58. The van der Waals surface area contributed by atoms with Crippen molar-refractivity contribution in [2.75, 3.05) is 26.2 Å². The van der Waals surface area contributed by atoms with E-state index in [4.69, 9.17) is 4.74 Å². The van der Waals surface area contributed by atoms with Crippen molar-refractivity contribution in [2.24, 2.45) is 17.8 Å². The van der Waals surface area contributed by atoms with E-state index in [1.165, 1.54) is 12.8 Å². The maximum absolute atomic E-state index is 10.2. The fourth-order valence-electron chi connectivity index (χ4n) is 3.47. The molecule has 0 bridgehead atoms. The van der Waals surface area contributed by atoms with Crippen LogP contribution >= 0.6 is 0 Å². The van der Waals surface area contributed by atoms with Gasteiger partial charge in [0.05, 0.1) is 18.8 Å². The molecule has 1 aliphatic carbocycles. The first-order chi connectivity index (χ1) is 8.56. The van der Waals surface area contributed by atoms with Gasteiger partial charge in [-0.1, -0.05) is 13.8 Å². The second-order valence-corrected chi connectivity index (χ2v) is 6.59. The van der Waals surface area contributed by atoms with Crippen LogP contribution in [0.1, 0.15) is 40.0 Å². The van der Waals surface area contributed by atoms with Crippen LogP contribution < -0.4 is 0 Å². The Bertz CT molecular complexity index is 257. The monoisotopic (exact) mass is 255 g/mol. The molecule has 4 atom stereocenters. The molecule has 0 aromatic heterocycles. The van der Waals surface area contributed by atoms with Crippen LogP contribution in [0.5, 0.6) is 0 Å². The minimum atomic E-state index is -0.0850. The van der Waals surface area contributed by atoms with Crippen LogP contribution in [-0.4, -0.2) is 48.5 Å². The number of aliphatic hydroxyl groups excluding tert-OH is 1. The number of hydrogen-bond acceptors (Lipinski definition) is 3. The van der Waals surface area contributed by atoms with Crippen molar-refractivity contribution in [3.63, 3.8) is 0 Å². The molecule has 0 spiro atoms. The predicted molar refractivity (Wildman–Crippen MR) is 73.5 cm³/mol. The fourth-order valence-corrected chi connectivity index (χ4v) is 3.47. The first kappa shape index (κ1) is 14.3. The number of morpholine rings is 1. The summed E-state index contributed by atoms with van der Waals surface area (Å²) in [6, 6.07) is 0. The van der Waals surface area contributed by atoms with Gasteiger partial charge in [0.2, 0.25) is 0 Å². The van der Waals surface area contributed by atoms with Gasteiger partial charge in [0.15, 0.2) is 0 Å². The summed E-state index contributed by atoms with van der Waals surface area (Å²) in [7, 11) is 0. The summed E-state index contributed by atoms with van der Waals surface area (Å²) < 4.78 is 5.58. The van der Waals surface area contributed by atoms with Gasteiger partial charge in [0.1, 0.15) is 0 Å². The molecule has 3 nitrogen and oxygen atoms in total. The van der Waals surface area contributed by atoms with Crippen molar-refractivity contribution >= 4 is 0 Å². The molecule has 4 unspecified atom stereocenters. The summed E-state index contributed by atoms with van der Waals surface area (Å²) in [5.74, 6) is 2.02. The van der Waals surface area contributed by atoms with Gasteiger partial charge >= 0.3 is 0 Å². The lowest BCUT2D eigenvalue weighted by atomic mass is 9.74. The molecular formula is C15H29NO2. The summed E-state index contributed by atoms with van der Waals surface area (Å²) in [6.07, 6.45) is 3.66. The average Bonchev–Trinajstić information content (AvgIpc) is 2.31. The highest BCUT2D eigenvalue weighted by atomic mass is 16.5. The van der Waals surface area contributed by atoms with E-state index in [9.17, 15) is 5.11 Å². The van der Waals surface area contributed by atoms with Crippen molar-refractivity contribution in [3.8, 4) is 0 Å². The van der Waals surface area contributed by atoms with Crippen LogP contribution in [0, 0.1) is 17.8 Å². The van der Waals surface area contributed by atoms with Crippen LogP contribution in [0.4, 0.5) is 0 Å². The van der Waals surface area contributed by atoms with Gasteiger partial charge < -0.3 is 9.84 Å². The Morgan fingerprint density at radius 3 is 2.78 bits per heavy atom. The zero-order chi connectivity index (χ0) is 13.1. The second kappa shape index (κ2) is 6.36. The zero-order valence-electron chi connectivity index (χ0n) is 12.1. The quantitative estimate of drug-likeness (QED) is 0.838. The summed E-state index contributed by atoms with van der Waals surface area (Å²) in [6.45, 7) is 10.7. The lowest BCUT2D eigenvalue weighted by Crippen LogP contribution is -2.46. The molecule has 18 heavy (non-hydrogen) atoms. The SMILES string of the molecule is CC1CN(CC2CC(C(C)C)CCC2O)CCO1. The minimum Gasteiger partial charge on any atom is -0.393 e. The standard InChI is InChI=1S/C15H29NO2/c1-11(2)13-4-5-15(17)14(8-13)10-16-6-7-18-12(3)9-16/h11-15,17H,4-10H2,1-3H3. The van der Waals surface area contributed by atoms with Gasteiger partial charge in [-0.05, 0) is 43.9 Å². The fraction of sp³-hybridized carbons (Fsp3) is 1.00. The maximum atomic E-state index is 10.2. The normalized spacial score (nSPS) is 39.2. The number of rotatable bonds is 3. The Labute approximate surface area is 112 Å². The summed E-state index contributed by atoms with van der Waals surface area (Å²) in [4.78, 5) is 2.48. The third kappa shape index (κ3) is 3.69. The van der Waals surface area contributed by atoms with E-state index in [0.29, 0.717) is 12.0 Å². The lowest BCUT2D eigenvalue weighted by molar-refractivity contribution is -0.0425. The molecule has 106 valence electrons. The molecular weight excluding hydrogens is 226 g/mol. The number of ether oxygens (including phenoxy) is 1. The van der Waals surface area contributed by atoms with Gasteiger partial charge in [-0.2, -0.15) is 0 Å². The summed E-state index contributed by atoms with van der Waals surface area (Å²) >= 11 is 0. The molecule has 2 rings (SSSR count). The Morgan fingerprint density at radius 2 is 2.11 bits per heavy atom. The largest absolute Gasteiger partial charge is 0.393 e. The number of nitrogens with zero attached hydrogens (tertiary/aromatic N) is 1. The average molecular weight is 255 g/mol. The molecule has 2 aliphatic rings. The van der Waals surface area contributed by atoms with Crippen LogP contribution in [0.3, 0.4) is 0 Å². The molecule has 0 amide bonds. The lowest BCUT2D eigenvalue weighted by Gasteiger charge is -2.40. The molecule has 1 heterocycles. The molecule has 1 aliphatic heterocycles. The summed E-state index contributed by atoms with van der Waals surface area (Å²) in [5, 5.41) is 10.2. The van der Waals surface area contributed by atoms with Crippen LogP contribution in [-0.2, 0) is 4.74 Å². The molecule has 1 N–H and O–H groups in total. The molecule has 0 aromatic carbocycles. The Hall–Kier alpha value is -0.120. The van der Waals surface area contributed by atoms with Gasteiger partial charge in [0, 0.05) is 19.6 Å². The highest BCUT2D eigenvalue weighted by Crippen LogP contribution is 2.34. The van der Waals surface area contributed by atoms with Gasteiger partial charge in [-0.25, -0.2) is 0 Å². The van der Waals surface area contributed by atoms with E-state index in [1.807, 2.05) is 0 Å². The Morgan fingerprint density at radius 1 is 1.33 bits per heavy atom. The predicted octanol–water partition coefficient (Wildman–Crippen LogP) is 2.14. The van der Waals surface area contributed by atoms with Crippen LogP contribution in [0.2, 0.25) is 0 Å². The van der Waals surface area contributed by atoms with Crippen molar-refractivity contribution in [1.82, 2.24) is 4.90 Å². The summed E-state index contributed by atoms with van der Waals surface area (Å²) in [5.41, 5.74) is 0. The minimum absolute atomic E-state index is 0.0850. The maximum Gasteiger partial charge on any atom is 0.0674 e. The van der Waals surface area contributed by atoms with E-state index < -0.39 is 0 Å². The van der Waals surface area contributed by atoms with Crippen LogP contribution in [0.15, 0.2) is 0 Å². The molecule has 0 radical (unpaired) electrons. The molecule has 1 saturated heterocycles. The second-order valence-electron chi connectivity index (χ2n) is 6.59. The van der Waals surface area contributed by atoms with Crippen molar-refractivity contribution in [1.29, 1.82) is 0 Å². The van der Waals surface area contributed by atoms with Gasteiger partial charge in [-0.15, -0.1) is 0 Å². The third-order valence-corrected chi connectivity index (χ3v) is 4.74. The zero-order valence-corrected chi connectivity index (χ0v) is 12.1. The smallest absolute Gasteiger partial charge is 0.0674 e. The third-order valence-electron chi connectivity index (χ3n) is 4.74. The number of aliphatic hydroxyl groups is 1. The molecule has 2 fully saturated rings. The Kier molecular flexibility index (Phi) is 5.05. The number of hydrogen-bond donors (Lipinski definition) is 1. The van der Waals surface area contributed by atoms with E-state index in [0.717, 1.165) is 44.5 Å². The van der Waals surface area contributed by atoms with Crippen molar-refractivity contribution < 1.29 is 9.84 Å². The van der Waals surface area contributed by atoms with E-state index >= 15 is 0 Å². The van der Waals surface area contributed by atoms with E-state index in [2.05, 4.69) is 25.7 Å². The van der Waals surface area contributed by atoms with Crippen molar-refractivity contribution in [2.45, 2.75) is 52.2 Å². The highest BCUT2D eigenvalue weighted by molar-refractivity contribution is 4.84. The molecule has 3 heteroatoms. The van der Waals surface area contributed by atoms with Crippen LogP contribution in [0.25, 0.3) is 0 Å².